The zero-order valence-corrected chi connectivity index (χ0v) is 19.6. The summed E-state index contributed by atoms with van der Waals surface area (Å²) in [6, 6.07) is -1.22. The van der Waals surface area contributed by atoms with Gasteiger partial charge in [-0.2, -0.15) is 0 Å². The molecule has 0 saturated carbocycles. The number of alkyl carbamates (subject to hydrolysis) is 1. The van der Waals surface area contributed by atoms with Crippen molar-refractivity contribution in [2.45, 2.75) is 94.9 Å². The third-order valence-electron chi connectivity index (χ3n) is 5.55. The molecule has 3 saturated heterocycles. The number of esters is 2. The van der Waals surface area contributed by atoms with Crippen LogP contribution >= 0.6 is 0 Å². The van der Waals surface area contributed by atoms with E-state index in [2.05, 4.69) is 5.32 Å². The summed E-state index contributed by atoms with van der Waals surface area (Å²) >= 11 is 0. The van der Waals surface area contributed by atoms with Crippen LogP contribution in [-0.4, -0.2) is 86.3 Å². The molecule has 11 heteroatoms. The summed E-state index contributed by atoms with van der Waals surface area (Å²) in [7, 11) is 2.41. The summed E-state index contributed by atoms with van der Waals surface area (Å²) in [6.07, 6.45) is -2.84. The van der Waals surface area contributed by atoms with Gasteiger partial charge < -0.3 is 38.5 Å². The first kappa shape index (κ1) is 24.7. The van der Waals surface area contributed by atoms with Crippen molar-refractivity contribution in [3.8, 4) is 0 Å². The number of fused-ring (bicyclic) bond motifs is 3. The standard InChI is InChI=1S/C21H33NO10/c1-19(2,3)32-18(25)22-11(16(23)26-6)8-21(17(24)27-7)9-12-14(31-21)15-13(10-28-12)29-20(4,5)30-15/h11-15H,8-10H2,1-7H3,(H,22,25)/t11-,12+,13-,14-,15-,21+/m0/s1. The second-order valence-corrected chi connectivity index (χ2v) is 9.71. The Morgan fingerprint density at radius 2 is 1.69 bits per heavy atom. The molecule has 0 aromatic heterocycles. The van der Waals surface area contributed by atoms with E-state index >= 15 is 0 Å². The maximum atomic E-state index is 12.9. The number of hydrogen-bond donors (Lipinski definition) is 1. The molecule has 3 aliphatic rings. The maximum Gasteiger partial charge on any atom is 0.408 e. The highest BCUT2D eigenvalue weighted by atomic mass is 16.8. The number of carbonyl (C=O) groups excluding carboxylic acids is 3. The summed E-state index contributed by atoms with van der Waals surface area (Å²) in [5.74, 6) is -2.26. The van der Waals surface area contributed by atoms with Gasteiger partial charge >= 0.3 is 18.0 Å². The number of hydrogen-bond acceptors (Lipinski definition) is 10. The second-order valence-electron chi connectivity index (χ2n) is 9.71. The third-order valence-corrected chi connectivity index (χ3v) is 5.55. The monoisotopic (exact) mass is 459 g/mol. The lowest BCUT2D eigenvalue weighted by Crippen LogP contribution is -2.52. The molecule has 1 N–H and O–H groups in total. The van der Waals surface area contributed by atoms with Crippen molar-refractivity contribution in [1.29, 1.82) is 0 Å². The Hall–Kier alpha value is -1.95. The molecule has 3 rings (SSSR count). The SMILES string of the molecule is COC(=O)[C@H](C[C@]1(C(=O)OC)C[C@H]2OC[C@@H]3OC(C)(C)O[C@@H]3[C@H]2O1)NC(=O)OC(C)(C)C. The summed E-state index contributed by atoms with van der Waals surface area (Å²) < 4.78 is 39.1. The predicted molar refractivity (Wildman–Crippen MR) is 108 cm³/mol. The average molecular weight is 459 g/mol. The Morgan fingerprint density at radius 1 is 1.03 bits per heavy atom. The highest BCUT2D eigenvalue weighted by molar-refractivity contribution is 5.85. The van der Waals surface area contributed by atoms with E-state index in [1.165, 1.54) is 14.2 Å². The average Bonchev–Trinajstić information content (AvgIpc) is 3.21. The topological polar surface area (TPSA) is 128 Å². The molecule has 0 spiro atoms. The number of nitrogens with one attached hydrogen (secondary N) is 1. The fourth-order valence-electron chi connectivity index (χ4n) is 4.39. The largest absolute Gasteiger partial charge is 0.467 e. The van der Waals surface area contributed by atoms with Crippen LogP contribution in [-0.2, 0) is 42.7 Å². The molecular weight excluding hydrogens is 426 g/mol. The molecular formula is C21H33NO10. The van der Waals surface area contributed by atoms with Crippen molar-refractivity contribution >= 4 is 18.0 Å². The van der Waals surface area contributed by atoms with Crippen LogP contribution in [0.3, 0.4) is 0 Å². The minimum Gasteiger partial charge on any atom is -0.467 e. The lowest BCUT2D eigenvalue weighted by Gasteiger charge is -2.33. The molecule has 0 bridgehead atoms. The highest BCUT2D eigenvalue weighted by Gasteiger charge is 2.62. The Morgan fingerprint density at radius 3 is 2.28 bits per heavy atom. The summed E-state index contributed by atoms with van der Waals surface area (Å²) in [5.41, 5.74) is -2.35. The van der Waals surface area contributed by atoms with E-state index in [4.69, 9.17) is 33.2 Å². The molecule has 3 fully saturated rings. The zero-order valence-electron chi connectivity index (χ0n) is 19.6. The van der Waals surface area contributed by atoms with Gasteiger partial charge in [0.2, 0.25) is 0 Å². The van der Waals surface area contributed by atoms with Gasteiger partial charge in [0.25, 0.3) is 0 Å². The number of carbonyl (C=O) groups is 3. The van der Waals surface area contributed by atoms with E-state index in [1.807, 2.05) is 0 Å². The van der Waals surface area contributed by atoms with E-state index in [-0.39, 0.29) is 25.6 Å². The normalized spacial score (nSPS) is 34.1. The van der Waals surface area contributed by atoms with Crippen LogP contribution in [0.1, 0.15) is 47.5 Å². The van der Waals surface area contributed by atoms with E-state index in [9.17, 15) is 14.4 Å². The van der Waals surface area contributed by atoms with Gasteiger partial charge in [0.1, 0.15) is 30.0 Å². The van der Waals surface area contributed by atoms with Crippen LogP contribution in [0.4, 0.5) is 4.79 Å². The molecule has 0 aromatic rings. The first-order valence-corrected chi connectivity index (χ1v) is 10.6. The number of amides is 1. The van der Waals surface area contributed by atoms with Gasteiger partial charge in [-0.25, -0.2) is 14.4 Å². The zero-order chi connectivity index (χ0) is 23.9. The van der Waals surface area contributed by atoms with Crippen LogP contribution in [0.15, 0.2) is 0 Å². The Kier molecular flexibility index (Phi) is 6.77. The van der Waals surface area contributed by atoms with Crippen molar-refractivity contribution < 1.29 is 47.5 Å². The Bertz CT molecular complexity index is 747. The lowest BCUT2D eigenvalue weighted by atomic mass is 9.89. The summed E-state index contributed by atoms with van der Waals surface area (Å²) in [5, 5.41) is 2.48. The third kappa shape index (κ3) is 5.16. The van der Waals surface area contributed by atoms with Crippen molar-refractivity contribution in [3.63, 3.8) is 0 Å². The number of methoxy groups -OCH3 is 2. The molecule has 6 atom stereocenters. The number of rotatable bonds is 5. The van der Waals surface area contributed by atoms with Crippen LogP contribution < -0.4 is 5.32 Å². The van der Waals surface area contributed by atoms with E-state index < -0.39 is 59.4 Å². The molecule has 3 aliphatic heterocycles. The first-order chi connectivity index (χ1) is 14.8. The van der Waals surface area contributed by atoms with Crippen molar-refractivity contribution in [2.75, 3.05) is 20.8 Å². The Labute approximate surface area is 187 Å². The number of ether oxygens (including phenoxy) is 7. The quantitative estimate of drug-likeness (QED) is 0.471. The molecule has 0 aromatic carbocycles. The Balaban J connectivity index is 1.83. The fourth-order valence-corrected chi connectivity index (χ4v) is 4.39. The van der Waals surface area contributed by atoms with E-state index in [1.54, 1.807) is 34.6 Å². The first-order valence-electron chi connectivity index (χ1n) is 10.6. The van der Waals surface area contributed by atoms with Gasteiger partial charge in [0.05, 0.1) is 26.9 Å². The van der Waals surface area contributed by atoms with Gasteiger partial charge in [0, 0.05) is 12.8 Å². The molecule has 0 unspecified atom stereocenters. The van der Waals surface area contributed by atoms with Crippen molar-refractivity contribution in [3.05, 3.63) is 0 Å². The summed E-state index contributed by atoms with van der Waals surface area (Å²) in [4.78, 5) is 37.7. The predicted octanol–water partition coefficient (Wildman–Crippen LogP) is 1.06. The fraction of sp³-hybridized carbons (Fsp3) is 0.857. The molecule has 1 amide bonds. The molecule has 32 heavy (non-hydrogen) atoms. The molecule has 3 heterocycles. The van der Waals surface area contributed by atoms with Crippen LogP contribution in [0.25, 0.3) is 0 Å². The van der Waals surface area contributed by atoms with E-state index in [0.717, 1.165) is 0 Å². The van der Waals surface area contributed by atoms with Gasteiger partial charge in [-0.3, -0.25) is 0 Å². The van der Waals surface area contributed by atoms with Gasteiger partial charge in [0.15, 0.2) is 11.4 Å². The molecule has 0 radical (unpaired) electrons. The van der Waals surface area contributed by atoms with Gasteiger partial charge in [-0.1, -0.05) is 0 Å². The van der Waals surface area contributed by atoms with Gasteiger partial charge in [-0.05, 0) is 34.6 Å². The van der Waals surface area contributed by atoms with Gasteiger partial charge in [-0.15, -0.1) is 0 Å². The van der Waals surface area contributed by atoms with Crippen molar-refractivity contribution in [1.82, 2.24) is 5.32 Å². The smallest absolute Gasteiger partial charge is 0.408 e. The minimum absolute atomic E-state index is 0.112. The van der Waals surface area contributed by atoms with E-state index in [0.29, 0.717) is 0 Å². The highest BCUT2D eigenvalue weighted by Crippen LogP contribution is 2.45. The minimum atomic E-state index is -1.57. The molecule has 11 nitrogen and oxygen atoms in total. The molecule has 182 valence electrons. The van der Waals surface area contributed by atoms with Crippen LogP contribution in [0.5, 0.6) is 0 Å². The maximum absolute atomic E-state index is 12.9. The lowest BCUT2D eigenvalue weighted by molar-refractivity contribution is -0.189. The van der Waals surface area contributed by atoms with Crippen LogP contribution in [0, 0.1) is 0 Å². The second kappa shape index (κ2) is 8.77. The van der Waals surface area contributed by atoms with Crippen molar-refractivity contribution in [2.24, 2.45) is 0 Å². The molecule has 0 aliphatic carbocycles. The van der Waals surface area contributed by atoms with Crippen LogP contribution in [0.2, 0.25) is 0 Å². The summed E-state index contributed by atoms with van der Waals surface area (Å²) in [6.45, 7) is 8.95.